The molecule has 0 aliphatic carbocycles. The van der Waals surface area contributed by atoms with E-state index in [0.717, 1.165) is 18.7 Å². The van der Waals surface area contributed by atoms with Crippen molar-refractivity contribution in [1.82, 2.24) is 14.2 Å². The molecule has 1 N–H and O–H groups in total. The highest BCUT2D eigenvalue weighted by Gasteiger charge is 2.27. The van der Waals surface area contributed by atoms with E-state index >= 15 is 0 Å². The monoisotopic (exact) mass is 385 g/mol. The zero-order chi connectivity index (χ0) is 19.4. The van der Waals surface area contributed by atoms with Gasteiger partial charge in [0.2, 0.25) is 10.0 Å². The van der Waals surface area contributed by atoms with Crippen molar-refractivity contribution in [3.8, 4) is 6.07 Å². The Balaban J connectivity index is 1.70. The highest BCUT2D eigenvalue weighted by molar-refractivity contribution is 7.89. The minimum Gasteiger partial charge on any atom is -0.364 e. The van der Waals surface area contributed by atoms with Gasteiger partial charge in [0.15, 0.2) is 0 Å². The van der Waals surface area contributed by atoms with Crippen molar-refractivity contribution in [3.63, 3.8) is 0 Å². The maximum absolute atomic E-state index is 12.7. The maximum Gasteiger partial charge on any atom is 0.244 e. The van der Waals surface area contributed by atoms with E-state index in [9.17, 15) is 8.42 Å². The van der Waals surface area contributed by atoms with Crippen LogP contribution in [0.2, 0.25) is 0 Å². The lowest BCUT2D eigenvalue weighted by Crippen LogP contribution is -2.47. The van der Waals surface area contributed by atoms with E-state index in [1.807, 2.05) is 32.2 Å². The zero-order valence-corrected chi connectivity index (χ0v) is 16.3. The van der Waals surface area contributed by atoms with E-state index in [2.05, 4.69) is 21.3 Å². The van der Waals surface area contributed by atoms with Gasteiger partial charge >= 0.3 is 0 Å². The average Bonchev–Trinajstić information content (AvgIpc) is 2.69. The first-order chi connectivity index (χ1) is 12.9. The van der Waals surface area contributed by atoms with Crippen LogP contribution in [0.25, 0.3) is 0 Å². The van der Waals surface area contributed by atoms with Crippen LogP contribution in [0.5, 0.6) is 0 Å². The Morgan fingerprint density at radius 2 is 1.93 bits per heavy atom. The van der Waals surface area contributed by atoms with Crippen molar-refractivity contribution in [2.24, 2.45) is 0 Å². The Morgan fingerprint density at radius 3 is 2.56 bits per heavy atom. The molecule has 1 aromatic heterocycles. The molecule has 0 bridgehead atoms. The molecule has 0 radical (unpaired) electrons. The Labute approximate surface area is 160 Å². The molecule has 1 fully saturated rings. The van der Waals surface area contributed by atoms with Gasteiger partial charge in [-0.15, -0.1) is 0 Å². The lowest BCUT2D eigenvalue weighted by molar-refractivity contribution is 0.222. The summed E-state index contributed by atoms with van der Waals surface area (Å²) < 4.78 is 27.0. The van der Waals surface area contributed by atoms with Crippen molar-refractivity contribution in [1.29, 1.82) is 5.26 Å². The number of piperazine rings is 1. The summed E-state index contributed by atoms with van der Waals surface area (Å²) >= 11 is 0. The summed E-state index contributed by atoms with van der Waals surface area (Å²) in [6.45, 7) is 4.40. The minimum atomic E-state index is -3.51. The quantitative estimate of drug-likeness (QED) is 0.847. The van der Waals surface area contributed by atoms with Gasteiger partial charge in [0.05, 0.1) is 11.6 Å². The predicted octanol–water partition coefficient (Wildman–Crippen LogP) is 2.06. The van der Waals surface area contributed by atoms with Gasteiger partial charge in [-0.25, -0.2) is 13.4 Å². The van der Waals surface area contributed by atoms with Gasteiger partial charge in [0, 0.05) is 38.4 Å². The highest BCUT2D eigenvalue weighted by atomic mass is 32.2. The number of anilines is 1. The first-order valence-electron chi connectivity index (χ1n) is 8.81. The smallest absolute Gasteiger partial charge is 0.244 e. The van der Waals surface area contributed by atoms with Crippen molar-refractivity contribution in [3.05, 3.63) is 53.7 Å². The van der Waals surface area contributed by atoms with Crippen molar-refractivity contribution in [2.45, 2.75) is 17.9 Å². The molecule has 0 spiro atoms. The Morgan fingerprint density at radius 1 is 1.19 bits per heavy atom. The fourth-order valence-electron chi connectivity index (χ4n) is 2.98. The van der Waals surface area contributed by atoms with E-state index in [1.54, 1.807) is 18.2 Å². The molecule has 2 aromatic rings. The largest absolute Gasteiger partial charge is 0.364 e. The molecular weight excluding hydrogens is 362 g/mol. The number of sulfonamides is 1. The van der Waals surface area contributed by atoms with Gasteiger partial charge in [-0.05, 0) is 43.8 Å². The normalized spacial score (nSPS) is 17.2. The second kappa shape index (κ2) is 8.05. The Kier molecular flexibility index (Phi) is 5.75. The molecule has 0 saturated carbocycles. The molecule has 1 aromatic carbocycles. The Hall–Kier alpha value is -2.47. The summed E-state index contributed by atoms with van der Waals surface area (Å²) in [5.74, 6) is 0.585. The van der Waals surface area contributed by atoms with E-state index < -0.39 is 10.0 Å². The van der Waals surface area contributed by atoms with Gasteiger partial charge in [-0.1, -0.05) is 12.1 Å². The number of nitrogens with zero attached hydrogens (tertiary/aromatic N) is 4. The predicted molar refractivity (Wildman–Crippen MR) is 104 cm³/mol. The molecule has 0 amide bonds. The molecule has 3 rings (SSSR count). The van der Waals surface area contributed by atoms with Gasteiger partial charge in [-0.2, -0.15) is 9.57 Å². The molecular formula is C19H23N5O2S. The fraction of sp³-hybridized carbons (Fsp3) is 0.368. The van der Waals surface area contributed by atoms with Gasteiger partial charge in [0.1, 0.15) is 10.7 Å². The fourth-order valence-corrected chi connectivity index (χ4v) is 4.35. The summed E-state index contributed by atoms with van der Waals surface area (Å²) in [5.41, 5.74) is 1.56. The lowest BCUT2D eigenvalue weighted by atomic mass is 10.1. The van der Waals surface area contributed by atoms with Crippen molar-refractivity contribution in [2.75, 3.05) is 38.5 Å². The number of likely N-dealkylation sites (N-methyl/N-ethyl adjacent to an activating group) is 1. The third-order valence-electron chi connectivity index (χ3n) is 4.72. The van der Waals surface area contributed by atoms with E-state index in [4.69, 9.17) is 5.26 Å². The van der Waals surface area contributed by atoms with Crippen LogP contribution in [0.4, 0.5) is 5.82 Å². The second-order valence-corrected chi connectivity index (χ2v) is 8.63. The molecule has 8 heteroatoms. The van der Waals surface area contributed by atoms with E-state index in [0.29, 0.717) is 24.5 Å². The molecule has 1 unspecified atom stereocenters. The topological polar surface area (TPSA) is 89.3 Å². The number of nitrogens with one attached hydrogen (secondary N) is 1. The number of aromatic nitrogens is 1. The number of pyridine rings is 1. The standard InChI is InChI=1S/C19H23N5O2S/c1-15(17-5-3-4-16(12-17)13-20)22-19-7-6-18(14-21-19)27(25,26)24-10-8-23(2)9-11-24/h3-7,12,14-15H,8-11H2,1-2H3,(H,21,22). The maximum atomic E-state index is 12.7. The molecule has 2 heterocycles. The van der Waals surface area contributed by atoms with E-state index in [-0.39, 0.29) is 10.9 Å². The molecule has 1 atom stereocenters. The highest BCUT2D eigenvalue weighted by Crippen LogP contribution is 2.21. The van der Waals surface area contributed by atoms with Crippen LogP contribution in [-0.2, 0) is 10.0 Å². The lowest BCUT2D eigenvalue weighted by Gasteiger charge is -2.31. The third kappa shape index (κ3) is 4.45. The van der Waals surface area contributed by atoms with Crippen molar-refractivity contribution < 1.29 is 8.42 Å². The molecule has 1 aliphatic heterocycles. The number of rotatable bonds is 5. The summed E-state index contributed by atoms with van der Waals surface area (Å²) in [7, 11) is -1.53. The zero-order valence-electron chi connectivity index (χ0n) is 15.5. The average molecular weight is 385 g/mol. The second-order valence-electron chi connectivity index (χ2n) is 6.69. The number of benzene rings is 1. The summed E-state index contributed by atoms with van der Waals surface area (Å²) in [4.78, 5) is 6.59. The first-order valence-corrected chi connectivity index (χ1v) is 10.3. The molecule has 27 heavy (non-hydrogen) atoms. The van der Waals surface area contributed by atoms with Crippen LogP contribution in [0.15, 0.2) is 47.5 Å². The number of hydrogen-bond acceptors (Lipinski definition) is 6. The van der Waals surface area contributed by atoms with Crippen LogP contribution >= 0.6 is 0 Å². The molecule has 1 saturated heterocycles. The van der Waals surface area contributed by atoms with Gasteiger partial charge in [-0.3, -0.25) is 0 Å². The molecule has 142 valence electrons. The third-order valence-corrected chi connectivity index (χ3v) is 6.60. The molecule has 7 nitrogen and oxygen atoms in total. The number of nitriles is 1. The van der Waals surface area contributed by atoms with Crippen LogP contribution < -0.4 is 5.32 Å². The first kappa shape index (κ1) is 19.3. The summed E-state index contributed by atoms with van der Waals surface area (Å²) in [5, 5.41) is 12.3. The number of hydrogen-bond donors (Lipinski definition) is 1. The van der Waals surface area contributed by atoms with Gasteiger partial charge in [0.25, 0.3) is 0 Å². The minimum absolute atomic E-state index is 0.0640. The Bertz CT molecular complexity index is 929. The van der Waals surface area contributed by atoms with Crippen LogP contribution in [0.3, 0.4) is 0 Å². The SMILES string of the molecule is CC(Nc1ccc(S(=O)(=O)N2CCN(C)CC2)cn1)c1cccc(C#N)c1. The van der Waals surface area contributed by atoms with E-state index in [1.165, 1.54) is 10.5 Å². The summed E-state index contributed by atoms with van der Waals surface area (Å²) in [6, 6.07) is 12.7. The summed E-state index contributed by atoms with van der Waals surface area (Å²) in [6.07, 6.45) is 1.40. The molecule has 1 aliphatic rings. The van der Waals surface area contributed by atoms with Crippen LogP contribution in [0.1, 0.15) is 24.1 Å². The van der Waals surface area contributed by atoms with Crippen molar-refractivity contribution >= 4 is 15.8 Å². The van der Waals surface area contributed by atoms with Gasteiger partial charge < -0.3 is 10.2 Å². The van der Waals surface area contributed by atoms with Crippen LogP contribution in [0, 0.1) is 11.3 Å². The van der Waals surface area contributed by atoms with Crippen LogP contribution in [-0.4, -0.2) is 55.8 Å².